The predicted molar refractivity (Wildman–Crippen MR) is 376 cm³/mol. The van der Waals surface area contributed by atoms with E-state index in [9.17, 15) is 0 Å². The Morgan fingerprint density at radius 3 is 0.543 bits per heavy atom. The van der Waals surface area contributed by atoms with Gasteiger partial charge in [0.15, 0.2) is 20.2 Å². The van der Waals surface area contributed by atoms with Crippen molar-refractivity contribution in [1.29, 1.82) is 0 Å². The summed E-state index contributed by atoms with van der Waals surface area (Å²) in [6.07, 6.45) is 59.9. The van der Waals surface area contributed by atoms with Gasteiger partial charge in [-0.3, -0.25) is 0 Å². The molecule has 0 aliphatic heterocycles. The normalized spacial score (nSPS) is 15.5. The van der Waals surface area contributed by atoms with E-state index in [-0.39, 0.29) is 53.5 Å². The van der Waals surface area contributed by atoms with E-state index in [4.69, 9.17) is 67.8 Å². The molecule has 81 heavy (non-hydrogen) atoms. The van der Waals surface area contributed by atoms with Crippen molar-refractivity contribution in [2.24, 2.45) is 29.1 Å². The van der Waals surface area contributed by atoms with Gasteiger partial charge in [0.1, 0.15) is 0 Å². The van der Waals surface area contributed by atoms with E-state index >= 15 is 0 Å². The van der Waals surface area contributed by atoms with Crippen molar-refractivity contribution in [3.63, 3.8) is 0 Å². The van der Waals surface area contributed by atoms with Gasteiger partial charge < -0.3 is 18.9 Å². The fraction of sp³-hybridized carbons (Fsp3) is 0.945. The number of hydrogen-bond donors (Lipinski definition) is 0. The largest absolute Gasteiger partial charge is 0.484 e. The van der Waals surface area contributed by atoms with Crippen LogP contribution in [0.1, 0.15) is 391 Å². The standard InChI is InChI=1S/C73H140O4S4/c1-13-21-25-29-33-37-41-45-49-53-65(17-5)74-69(78)61(9)57-73(58-62(10)70(79)75-66(18-6)54-50-46-42-38-34-30-26-22-14-2,59-63(11)71(80)76-67(19-7)55-51-47-43-39-35-31-27-23-15-3)60-64(12)72(81)77-68(20-8)56-52-48-44-40-36-32-28-24-16-4/h61-68H,13-60H2,1-12H3. The summed E-state index contributed by atoms with van der Waals surface area (Å²) < 4.78 is 27.5. The van der Waals surface area contributed by atoms with E-state index in [0.29, 0.717) is 0 Å². The van der Waals surface area contributed by atoms with Gasteiger partial charge in [-0.2, -0.15) is 0 Å². The van der Waals surface area contributed by atoms with Gasteiger partial charge in [0.2, 0.25) is 0 Å². The molecule has 0 aliphatic rings. The molecular formula is C73H140O4S4. The van der Waals surface area contributed by atoms with Crippen LogP contribution in [0.25, 0.3) is 0 Å². The van der Waals surface area contributed by atoms with E-state index in [0.717, 1.165) is 97.3 Å². The highest BCUT2D eigenvalue weighted by molar-refractivity contribution is 7.80. The zero-order valence-electron chi connectivity index (χ0n) is 56.3. The molecule has 0 heterocycles. The van der Waals surface area contributed by atoms with Crippen LogP contribution in [0.4, 0.5) is 0 Å². The van der Waals surface area contributed by atoms with E-state index in [1.807, 2.05) is 0 Å². The molecule has 8 atom stereocenters. The first-order valence-electron chi connectivity index (χ1n) is 36.0. The molecule has 4 nitrogen and oxygen atoms in total. The van der Waals surface area contributed by atoms with Crippen LogP contribution in [0.3, 0.4) is 0 Å². The Hall–Kier alpha value is -0.440. The molecule has 8 heteroatoms. The molecule has 0 aliphatic carbocycles. The van der Waals surface area contributed by atoms with Crippen molar-refractivity contribution in [2.45, 2.75) is 416 Å². The highest BCUT2D eigenvalue weighted by Gasteiger charge is 2.41. The van der Waals surface area contributed by atoms with Crippen LogP contribution in [0, 0.1) is 29.1 Å². The second-order valence-electron chi connectivity index (χ2n) is 26.3. The summed E-state index contributed by atoms with van der Waals surface area (Å²) in [5.41, 5.74) is -0.255. The molecular weight excluding hydrogens is 1070 g/mol. The molecule has 8 unspecified atom stereocenters. The number of unbranched alkanes of at least 4 members (excludes halogenated alkanes) is 32. The van der Waals surface area contributed by atoms with E-state index in [1.54, 1.807) is 0 Å². The Bertz CT molecular complexity index is 1240. The number of thiocarbonyl (C=S) groups is 4. The molecule has 0 aromatic carbocycles. The zero-order valence-corrected chi connectivity index (χ0v) is 59.6. The van der Waals surface area contributed by atoms with Gasteiger partial charge in [0.25, 0.3) is 0 Å². The average Bonchev–Trinajstić information content (AvgIpc) is 3.53. The summed E-state index contributed by atoms with van der Waals surface area (Å²) in [4.78, 5) is 0. The molecule has 0 amide bonds. The van der Waals surface area contributed by atoms with Crippen molar-refractivity contribution in [1.82, 2.24) is 0 Å². The molecule has 0 aromatic heterocycles. The van der Waals surface area contributed by atoms with E-state index in [2.05, 4.69) is 83.1 Å². The molecule has 0 saturated carbocycles. The Kier molecular flexibility index (Phi) is 55.8. The fourth-order valence-electron chi connectivity index (χ4n) is 12.7. The van der Waals surface area contributed by atoms with Gasteiger partial charge in [-0.25, -0.2) is 0 Å². The maximum absolute atomic E-state index is 6.87. The maximum Gasteiger partial charge on any atom is 0.162 e. The van der Waals surface area contributed by atoms with Gasteiger partial charge in [0.05, 0.1) is 24.4 Å². The summed E-state index contributed by atoms with van der Waals surface area (Å²) in [5, 5.41) is 2.99. The minimum atomic E-state index is -0.255. The third kappa shape index (κ3) is 44.6. The van der Waals surface area contributed by atoms with Crippen molar-refractivity contribution >= 4 is 69.1 Å². The molecule has 0 bridgehead atoms. The number of ether oxygens (including phenoxy) is 4. The average molecular weight is 1210 g/mol. The van der Waals surface area contributed by atoms with Gasteiger partial charge in [-0.1, -0.05) is 289 Å². The Labute approximate surface area is 529 Å². The Morgan fingerprint density at radius 2 is 0.395 bits per heavy atom. The lowest BCUT2D eigenvalue weighted by molar-refractivity contribution is 0.0980. The molecule has 0 spiro atoms. The number of hydrogen-bond acceptors (Lipinski definition) is 8. The highest BCUT2D eigenvalue weighted by atomic mass is 32.1. The monoisotopic (exact) mass is 1210 g/mol. The molecule has 0 fully saturated rings. The Morgan fingerprint density at radius 1 is 0.247 bits per heavy atom. The second kappa shape index (κ2) is 56.1. The predicted octanol–water partition coefficient (Wildman–Crippen LogP) is 26.3. The minimum Gasteiger partial charge on any atom is -0.484 e. The van der Waals surface area contributed by atoms with Crippen LogP contribution in [0.15, 0.2) is 0 Å². The SMILES string of the molecule is CCCCCCCCCCCC(CC)OC(=S)C(C)CC(CC(C)C(=S)OC(CC)CCCCCCCCCCC)(CC(C)C(=S)OC(CC)CCCCCCCCCCC)CC(C)C(=S)OC(CC)CCCCCCCCCCC. The van der Waals surface area contributed by atoms with Crippen molar-refractivity contribution in [3.05, 3.63) is 0 Å². The van der Waals surface area contributed by atoms with Crippen molar-refractivity contribution in [2.75, 3.05) is 0 Å². The molecule has 0 N–H and O–H groups in total. The van der Waals surface area contributed by atoms with Gasteiger partial charge in [0, 0.05) is 23.7 Å². The van der Waals surface area contributed by atoms with Gasteiger partial charge in [-0.05, 0) is 157 Å². The van der Waals surface area contributed by atoms with Gasteiger partial charge in [-0.15, -0.1) is 0 Å². The molecule has 0 rings (SSSR count). The summed E-state index contributed by atoms with van der Waals surface area (Å²) >= 11 is 25.5. The number of rotatable bonds is 60. The van der Waals surface area contributed by atoms with Crippen LogP contribution in [-0.2, 0) is 18.9 Å². The maximum atomic E-state index is 6.87. The van der Waals surface area contributed by atoms with E-state index in [1.165, 1.54) is 231 Å². The summed E-state index contributed by atoms with van der Waals surface area (Å²) in [5.74, 6) is 0.175. The van der Waals surface area contributed by atoms with Crippen LogP contribution < -0.4 is 0 Å². The first kappa shape index (κ1) is 80.6. The topological polar surface area (TPSA) is 36.9 Å². The summed E-state index contributed by atoms with van der Waals surface area (Å²) in [6, 6.07) is 0. The molecule has 480 valence electrons. The minimum absolute atomic E-state index is 0.0438. The quantitative estimate of drug-likeness (QED) is 0.0441. The summed E-state index contributed by atoms with van der Waals surface area (Å²) in [6.45, 7) is 27.5. The molecule has 0 aromatic rings. The molecule has 0 saturated heterocycles. The Balaban J connectivity index is 6.72. The summed E-state index contributed by atoms with van der Waals surface area (Å²) in [7, 11) is 0. The first-order valence-corrected chi connectivity index (χ1v) is 37.6. The smallest absolute Gasteiger partial charge is 0.162 e. The van der Waals surface area contributed by atoms with Crippen LogP contribution in [0.2, 0.25) is 0 Å². The third-order valence-corrected chi connectivity index (χ3v) is 20.0. The fourth-order valence-corrected chi connectivity index (χ4v) is 13.5. The van der Waals surface area contributed by atoms with Crippen molar-refractivity contribution in [3.8, 4) is 0 Å². The molecule has 0 radical (unpaired) electrons. The van der Waals surface area contributed by atoms with Crippen molar-refractivity contribution < 1.29 is 18.9 Å². The van der Waals surface area contributed by atoms with E-state index < -0.39 is 0 Å². The zero-order chi connectivity index (χ0) is 60.2. The second-order valence-corrected chi connectivity index (χ2v) is 27.9. The van der Waals surface area contributed by atoms with Crippen LogP contribution in [-0.4, -0.2) is 44.6 Å². The lowest BCUT2D eigenvalue weighted by Crippen LogP contribution is -2.38. The van der Waals surface area contributed by atoms with Crippen LogP contribution in [0.5, 0.6) is 0 Å². The highest BCUT2D eigenvalue weighted by Crippen LogP contribution is 2.47. The van der Waals surface area contributed by atoms with Gasteiger partial charge >= 0.3 is 0 Å². The first-order chi connectivity index (χ1) is 39.2. The third-order valence-electron chi connectivity index (χ3n) is 18.0. The lowest BCUT2D eigenvalue weighted by Gasteiger charge is -2.42. The lowest BCUT2D eigenvalue weighted by atomic mass is 9.65. The van der Waals surface area contributed by atoms with Crippen LogP contribution >= 0.6 is 48.9 Å².